The highest BCUT2D eigenvalue weighted by atomic mass is 35.5. The third-order valence-electron chi connectivity index (χ3n) is 6.56. The topological polar surface area (TPSA) is 96.0 Å². The van der Waals surface area contributed by atoms with Gasteiger partial charge in [-0.15, -0.1) is 0 Å². The van der Waals surface area contributed by atoms with Crippen LogP contribution in [0.25, 0.3) is 0 Å². The van der Waals surface area contributed by atoms with E-state index in [0.717, 1.165) is 23.8 Å². The molecule has 8 nitrogen and oxygen atoms in total. The number of methoxy groups -OCH3 is 1. The first-order valence-electron chi connectivity index (χ1n) is 12.9. The second kappa shape index (κ2) is 14.4. The molecule has 0 fully saturated rings. The van der Waals surface area contributed by atoms with Crippen LogP contribution in [0.4, 0.5) is 5.69 Å². The predicted molar refractivity (Wildman–Crippen MR) is 153 cm³/mol. The average Bonchev–Trinajstić information content (AvgIpc) is 2.86. The Morgan fingerprint density at radius 2 is 1.79 bits per heavy atom. The number of hydrogen-bond donors (Lipinski definition) is 1. The fourth-order valence-electron chi connectivity index (χ4n) is 4.15. The Morgan fingerprint density at radius 3 is 2.34 bits per heavy atom. The number of aryl methyl sites for hydroxylation is 1. The molecule has 2 unspecified atom stereocenters. The van der Waals surface area contributed by atoms with E-state index < -0.39 is 16.1 Å². The molecular formula is C28H40ClN3O5S. The minimum atomic E-state index is -3.63. The normalized spacial score (nSPS) is 12.9. The first-order chi connectivity index (χ1) is 17.9. The number of sulfonamides is 1. The Labute approximate surface area is 232 Å². The van der Waals surface area contributed by atoms with Crippen molar-refractivity contribution in [2.75, 3.05) is 24.2 Å². The molecule has 1 N–H and O–H groups in total. The summed E-state index contributed by atoms with van der Waals surface area (Å²) in [5, 5.41) is 3.29. The zero-order valence-electron chi connectivity index (χ0n) is 23.2. The fraction of sp³-hybridized carbons (Fsp3) is 0.500. The van der Waals surface area contributed by atoms with Crippen LogP contribution in [0, 0.1) is 6.92 Å². The van der Waals surface area contributed by atoms with Gasteiger partial charge in [0.15, 0.2) is 0 Å². The smallest absolute Gasteiger partial charge is 0.243 e. The molecule has 2 amide bonds. The fourth-order valence-corrected chi connectivity index (χ4v) is 5.36. The molecule has 0 heterocycles. The van der Waals surface area contributed by atoms with Crippen LogP contribution in [0.2, 0.25) is 5.02 Å². The van der Waals surface area contributed by atoms with Gasteiger partial charge in [-0.2, -0.15) is 0 Å². The van der Waals surface area contributed by atoms with Gasteiger partial charge in [-0.25, -0.2) is 8.42 Å². The van der Waals surface area contributed by atoms with E-state index in [0.29, 0.717) is 24.4 Å². The van der Waals surface area contributed by atoms with Gasteiger partial charge in [0.05, 0.1) is 24.1 Å². The summed E-state index contributed by atoms with van der Waals surface area (Å²) in [7, 11) is -2.15. The minimum absolute atomic E-state index is 0.00777. The van der Waals surface area contributed by atoms with Crippen LogP contribution in [-0.4, -0.2) is 57.1 Å². The molecular weight excluding hydrogens is 526 g/mol. The number of carbonyl (C=O) groups is 2. The predicted octanol–water partition coefficient (Wildman–Crippen LogP) is 4.93. The van der Waals surface area contributed by atoms with Gasteiger partial charge in [0.1, 0.15) is 11.8 Å². The Hall–Kier alpha value is -2.78. The lowest BCUT2D eigenvalue weighted by Crippen LogP contribution is -2.50. The van der Waals surface area contributed by atoms with Gasteiger partial charge in [0.2, 0.25) is 21.8 Å². The molecule has 2 aromatic rings. The summed E-state index contributed by atoms with van der Waals surface area (Å²) in [4.78, 5) is 28.3. The van der Waals surface area contributed by atoms with Gasteiger partial charge in [0.25, 0.3) is 0 Å². The van der Waals surface area contributed by atoms with E-state index in [-0.39, 0.29) is 42.3 Å². The molecule has 0 spiro atoms. The van der Waals surface area contributed by atoms with Crippen molar-refractivity contribution in [1.29, 1.82) is 0 Å². The van der Waals surface area contributed by atoms with Crippen LogP contribution >= 0.6 is 11.6 Å². The van der Waals surface area contributed by atoms with Crippen molar-refractivity contribution < 1.29 is 22.7 Å². The van der Waals surface area contributed by atoms with Crippen molar-refractivity contribution in [3.8, 4) is 5.75 Å². The molecule has 0 radical (unpaired) electrons. The third-order valence-corrected chi connectivity index (χ3v) is 8.05. The summed E-state index contributed by atoms with van der Waals surface area (Å²) < 4.78 is 31.5. The molecule has 0 aliphatic rings. The highest BCUT2D eigenvalue weighted by Gasteiger charge is 2.29. The van der Waals surface area contributed by atoms with E-state index in [1.54, 1.807) is 17.0 Å². The number of anilines is 1. The zero-order valence-corrected chi connectivity index (χ0v) is 24.7. The van der Waals surface area contributed by atoms with Crippen molar-refractivity contribution in [2.24, 2.45) is 0 Å². The van der Waals surface area contributed by atoms with Crippen LogP contribution in [0.15, 0.2) is 42.5 Å². The van der Waals surface area contributed by atoms with Crippen LogP contribution in [0.5, 0.6) is 5.75 Å². The molecule has 0 bridgehead atoms. The van der Waals surface area contributed by atoms with Crippen molar-refractivity contribution in [2.45, 2.75) is 72.0 Å². The molecule has 0 saturated heterocycles. The first kappa shape index (κ1) is 31.4. The van der Waals surface area contributed by atoms with Gasteiger partial charge < -0.3 is 15.0 Å². The molecule has 0 aliphatic carbocycles. The number of carbonyl (C=O) groups excluding carboxylic acids is 2. The van der Waals surface area contributed by atoms with Crippen molar-refractivity contribution in [3.63, 3.8) is 0 Å². The summed E-state index contributed by atoms with van der Waals surface area (Å²) in [6.07, 6.45) is 2.70. The maximum atomic E-state index is 13.6. The monoisotopic (exact) mass is 565 g/mol. The van der Waals surface area contributed by atoms with E-state index in [1.165, 1.54) is 17.5 Å². The Morgan fingerprint density at radius 1 is 1.11 bits per heavy atom. The SMILES string of the molecule is CCC(C)NC(=O)C(CC)N(Cc1ccccc1C)C(=O)CCCN(c1ccc(OC)c(Cl)c1)S(C)(=O)=O. The van der Waals surface area contributed by atoms with E-state index in [2.05, 4.69) is 5.32 Å². The van der Waals surface area contributed by atoms with Gasteiger partial charge >= 0.3 is 0 Å². The number of hydrogen-bond acceptors (Lipinski definition) is 5. The number of nitrogens with zero attached hydrogens (tertiary/aromatic N) is 2. The number of ether oxygens (including phenoxy) is 1. The number of benzene rings is 2. The van der Waals surface area contributed by atoms with E-state index in [9.17, 15) is 18.0 Å². The van der Waals surface area contributed by atoms with Crippen molar-refractivity contribution in [1.82, 2.24) is 10.2 Å². The highest BCUT2D eigenvalue weighted by Crippen LogP contribution is 2.30. The van der Waals surface area contributed by atoms with Gasteiger partial charge in [0, 0.05) is 25.6 Å². The molecule has 0 saturated carbocycles. The molecule has 0 aliphatic heterocycles. The van der Waals surface area contributed by atoms with Crippen molar-refractivity contribution in [3.05, 3.63) is 58.6 Å². The van der Waals surface area contributed by atoms with Gasteiger partial charge in [-0.1, -0.05) is 49.7 Å². The summed E-state index contributed by atoms with van der Waals surface area (Å²) in [5.41, 5.74) is 2.38. The van der Waals surface area contributed by atoms with Gasteiger partial charge in [-0.05, 0) is 62.4 Å². The van der Waals surface area contributed by atoms with Crippen LogP contribution < -0.4 is 14.4 Å². The van der Waals surface area contributed by atoms with Crippen LogP contribution in [0.1, 0.15) is 57.6 Å². The summed E-state index contributed by atoms with van der Waals surface area (Å²) in [6, 6.07) is 11.9. The zero-order chi connectivity index (χ0) is 28.5. The number of nitrogens with one attached hydrogen (secondary N) is 1. The molecule has 38 heavy (non-hydrogen) atoms. The highest BCUT2D eigenvalue weighted by molar-refractivity contribution is 7.92. The molecule has 210 valence electrons. The lowest BCUT2D eigenvalue weighted by atomic mass is 10.0. The summed E-state index contributed by atoms with van der Waals surface area (Å²) in [6.45, 7) is 8.16. The minimum Gasteiger partial charge on any atom is -0.495 e. The first-order valence-corrected chi connectivity index (χ1v) is 15.1. The molecule has 2 rings (SSSR count). The third kappa shape index (κ3) is 8.63. The lowest BCUT2D eigenvalue weighted by Gasteiger charge is -2.32. The van der Waals surface area contributed by atoms with Gasteiger partial charge in [-0.3, -0.25) is 13.9 Å². The van der Waals surface area contributed by atoms with E-state index in [1.807, 2.05) is 52.0 Å². The van der Waals surface area contributed by atoms with Crippen LogP contribution in [0.3, 0.4) is 0 Å². The standard InChI is InChI=1S/C28H40ClN3O5S/c1-7-21(4)30-28(34)25(8-2)31(19-22-13-10-9-12-20(22)3)27(33)14-11-17-32(38(6,35)36)23-15-16-26(37-5)24(29)18-23/h9-10,12-13,15-16,18,21,25H,7-8,11,14,17,19H2,1-6H3,(H,30,34). The number of halogens is 1. The second-order valence-corrected chi connectivity index (χ2v) is 11.8. The maximum Gasteiger partial charge on any atom is 0.243 e. The Balaban J connectivity index is 2.26. The molecule has 2 aromatic carbocycles. The number of amides is 2. The molecule has 2 atom stereocenters. The Bertz CT molecular complexity index is 1200. The van der Waals surface area contributed by atoms with E-state index >= 15 is 0 Å². The lowest BCUT2D eigenvalue weighted by molar-refractivity contribution is -0.141. The molecule has 0 aromatic heterocycles. The summed E-state index contributed by atoms with van der Waals surface area (Å²) in [5.74, 6) is 0.0437. The Kier molecular flexibility index (Phi) is 11.9. The summed E-state index contributed by atoms with van der Waals surface area (Å²) >= 11 is 6.22. The second-order valence-electron chi connectivity index (χ2n) is 9.45. The average molecular weight is 566 g/mol. The number of rotatable bonds is 14. The quantitative estimate of drug-likeness (QED) is 0.350. The van der Waals surface area contributed by atoms with Crippen LogP contribution in [-0.2, 0) is 26.2 Å². The largest absolute Gasteiger partial charge is 0.495 e. The molecule has 10 heteroatoms. The van der Waals surface area contributed by atoms with E-state index in [4.69, 9.17) is 16.3 Å². The van der Waals surface area contributed by atoms with Crippen molar-refractivity contribution >= 4 is 39.1 Å². The maximum absolute atomic E-state index is 13.6.